The van der Waals surface area contributed by atoms with Crippen LogP contribution in [0.4, 0.5) is 0 Å². The average Bonchev–Trinajstić information content (AvgIpc) is 2.42. The van der Waals surface area contributed by atoms with Gasteiger partial charge in [-0.3, -0.25) is 4.79 Å². The average molecular weight is 262 g/mol. The topological polar surface area (TPSA) is 55.1 Å². The molecule has 1 amide bonds. The van der Waals surface area contributed by atoms with Gasteiger partial charge in [0, 0.05) is 6.54 Å². The third-order valence-corrected chi connectivity index (χ3v) is 3.66. The van der Waals surface area contributed by atoms with E-state index in [0.29, 0.717) is 24.8 Å². The number of hydrogen-bond acceptors (Lipinski definition) is 2. The van der Waals surface area contributed by atoms with Gasteiger partial charge in [0.25, 0.3) is 0 Å². The van der Waals surface area contributed by atoms with Crippen LogP contribution in [0, 0.1) is 11.8 Å². The van der Waals surface area contributed by atoms with Gasteiger partial charge in [0.1, 0.15) is 0 Å². The summed E-state index contributed by atoms with van der Waals surface area (Å²) >= 11 is 0. The van der Waals surface area contributed by atoms with Crippen molar-refractivity contribution in [1.82, 2.24) is 5.32 Å². The minimum absolute atomic E-state index is 0.0385. The number of nitrogens with two attached hydrogens (primary N) is 1. The summed E-state index contributed by atoms with van der Waals surface area (Å²) in [6.07, 6.45) is 1.53. The summed E-state index contributed by atoms with van der Waals surface area (Å²) in [6.45, 7) is 7.16. The lowest BCUT2D eigenvalue weighted by atomic mass is 9.98. The van der Waals surface area contributed by atoms with Crippen molar-refractivity contribution in [2.75, 3.05) is 6.54 Å². The molecule has 0 aromatic heterocycles. The molecule has 0 fully saturated rings. The van der Waals surface area contributed by atoms with E-state index in [4.69, 9.17) is 5.73 Å². The van der Waals surface area contributed by atoms with E-state index in [1.54, 1.807) is 0 Å². The summed E-state index contributed by atoms with van der Waals surface area (Å²) < 4.78 is 0. The fourth-order valence-electron chi connectivity index (χ4n) is 1.73. The zero-order chi connectivity index (χ0) is 14.3. The number of carbonyl (C=O) groups excluding carboxylic acids is 1. The molecule has 0 heterocycles. The van der Waals surface area contributed by atoms with Gasteiger partial charge in [0.2, 0.25) is 5.91 Å². The smallest absolute Gasteiger partial charge is 0.236 e. The highest BCUT2D eigenvalue weighted by Gasteiger charge is 2.15. The summed E-state index contributed by atoms with van der Waals surface area (Å²) in [4.78, 5) is 11.9. The molecule has 0 aliphatic carbocycles. The fraction of sp³-hybridized carbons (Fsp3) is 0.562. The maximum Gasteiger partial charge on any atom is 0.236 e. The largest absolute Gasteiger partial charge is 0.354 e. The van der Waals surface area contributed by atoms with Crippen molar-refractivity contribution >= 4 is 5.91 Å². The summed E-state index contributed by atoms with van der Waals surface area (Å²) in [5, 5.41) is 2.94. The molecule has 19 heavy (non-hydrogen) atoms. The molecule has 0 bridgehead atoms. The van der Waals surface area contributed by atoms with Gasteiger partial charge in [-0.1, -0.05) is 51.1 Å². The highest BCUT2D eigenvalue weighted by Crippen LogP contribution is 2.08. The molecule has 3 nitrogen and oxygen atoms in total. The van der Waals surface area contributed by atoms with Crippen molar-refractivity contribution in [3.05, 3.63) is 35.9 Å². The van der Waals surface area contributed by atoms with Crippen molar-refractivity contribution in [2.24, 2.45) is 17.6 Å². The van der Waals surface area contributed by atoms with Crippen molar-refractivity contribution in [3.8, 4) is 0 Å². The molecular weight excluding hydrogens is 236 g/mol. The molecule has 1 aromatic carbocycles. The fourth-order valence-corrected chi connectivity index (χ4v) is 1.73. The number of hydrogen-bond donors (Lipinski definition) is 2. The summed E-state index contributed by atoms with van der Waals surface area (Å²) in [7, 11) is 0. The molecule has 2 unspecified atom stereocenters. The molecule has 106 valence electrons. The highest BCUT2D eigenvalue weighted by molar-refractivity contribution is 5.81. The van der Waals surface area contributed by atoms with Gasteiger partial charge >= 0.3 is 0 Å². The van der Waals surface area contributed by atoms with Crippen LogP contribution in [0.25, 0.3) is 0 Å². The molecule has 3 N–H and O–H groups in total. The minimum Gasteiger partial charge on any atom is -0.354 e. The number of benzene rings is 1. The van der Waals surface area contributed by atoms with Crippen LogP contribution in [0.2, 0.25) is 0 Å². The quantitative estimate of drug-likeness (QED) is 0.792. The Kier molecular flexibility index (Phi) is 6.57. The van der Waals surface area contributed by atoms with E-state index >= 15 is 0 Å². The Bertz CT molecular complexity index is 376. The number of aryl methyl sites for hydroxylation is 1. The minimum atomic E-state index is -0.417. The van der Waals surface area contributed by atoms with Crippen molar-refractivity contribution in [2.45, 2.75) is 39.7 Å². The van der Waals surface area contributed by atoms with E-state index in [-0.39, 0.29) is 5.91 Å². The third-order valence-electron chi connectivity index (χ3n) is 3.66. The van der Waals surface area contributed by atoms with Crippen LogP contribution in [0.15, 0.2) is 30.3 Å². The molecule has 0 aliphatic heterocycles. The standard InChI is InChI=1S/C16H26N2O/c1-12(2)13(3)11-18-16(19)15(17)10-9-14-7-5-4-6-8-14/h4-8,12-13,15H,9-11,17H2,1-3H3,(H,18,19). The second kappa shape index (κ2) is 7.95. The molecule has 1 rings (SSSR count). The van der Waals surface area contributed by atoms with Gasteiger partial charge in [-0.05, 0) is 30.2 Å². The second-order valence-electron chi connectivity index (χ2n) is 5.60. The van der Waals surface area contributed by atoms with Gasteiger partial charge in [0.15, 0.2) is 0 Å². The number of rotatable bonds is 7. The van der Waals surface area contributed by atoms with Gasteiger partial charge in [-0.25, -0.2) is 0 Å². The molecule has 2 atom stereocenters. The Hall–Kier alpha value is -1.35. The molecule has 0 saturated heterocycles. The number of carbonyl (C=O) groups is 1. The third kappa shape index (κ3) is 5.88. The van der Waals surface area contributed by atoms with E-state index in [1.807, 2.05) is 18.2 Å². The zero-order valence-corrected chi connectivity index (χ0v) is 12.2. The van der Waals surface area contributed by atoms with E-state index in [0.717, 1.165) is 6.42 Å². The van der Waals surface area contributed by atoms with E-state index < -0.39 is 6.04 Å². The molecule has 0 aliphatic rings. The number of nitrogens with one attached hydrogen (secondary N) is 1. The molecule has 3 heteroatoms. The van der Waals surface area contributed by atoms with Crippen LogP contribution in [0.1, 0.15) is 32.8 Å². The van der Waals surface area contributed by atoms with E-state index in [9.17, 15) is 4.79 Å². The summed E-state index contributed by atoms with van der Waals surface area (Å²) in [5.74, 6) is 1.01. The molecule has 0 spiro atoms. The lowest BCUT2D eigenvalue weighted by molar-refractivity contribution is -0.122. The molecule has 0 radical (unpaired) electrons. The normalized spacial score (nSPS) is 14.2. The van der Waals surface area contributed by atoms with Crippen LogP contribution in [0.5, 0.6) is 0 Å². The first-order valence-electron chi connectivity index (χ1n) is 7.08. The first-order chi connectivity index (χ1) is 9.00. The first kappa shape index (κ1) is 15.7. The van der Waals surface area contributed by atoms with E-state index in [1.165, 1.54) is 5.56 Å². The lowest BCUT2D eigenvalue weighted by Gasteiger charge is -2.18. The van der Waals surface area contributed by atoms with Crippen LogP contribution >= 0.6 is 0 Å². The van der Waals surface area contributed by atoms with Gasteiger partial charge in [-0.2, -0.15) is 0 Å². The summed E-state index contributed by atoms with van der Waals surface area (Å²) in [5.41, 5.74) is 7.14. The zero-order valence-electron chi connectivity index (χ0n) is 12.2. The SMILES string of the molecule is CC(C)C(C)CNC(=O)C(N)CCc1ccccc1. The highest BCUT2D eigenvalue weighted by atomic mass is 16.2. The lowest BCUT2D eigenvalue weighted by Crippen LogP contribution is -2.42. The predicted octanol–water partition coefficient (Wildman–Crippen LogP) is 2.35. The second-order valence-corrected chi connectivity index (χ2v) is 5.60. The van der Waals surface area contributed by atoms with Crippen LogP contribution in [-0.4, -0.2) is 18.5 Å². The maximum absolute atomic E-state index is 11.9. The van der Waals surface area contributed by atoms with Gasteiger partial charge in [0.05, 0.1) is 6.04 Å². The van der Waals surface area contributed by atoms with Crippen LogP contribution in [0.3, 0.4) is 0 Å². The molecular formula is C16H26N2O. The number of amides is 1. The Morgan fingerprint density at radius 3 is 2.42 bits per heavy atom. The summed E-state index contributed by atoms with van der Waals surface area (Å²) in [6, 6.07) is 9.70. The van der Waals surface area contributed by atoms with E-state index in [2.05, 4.69) is 38.2 Å². The van der Waals surface area contributed by atoms with Crippen molar-refractivity contribution in [1.29, 1.82) is 0 Å². The first-order valence-corrected chi connectivity index (χ1v) is 7.08. The van der Waals surface area contributed by atoms with Gasteiger partial charge < -0.3 is 11.1 Å². The Morgan fingerprint density at radius 2 is 1.84 bits per heavy atom. The Labute approximate surface area is 116 Å². The van der Waals surface area contributed by atoms with Gasteiger partial charge in [-0.15, -0.1) is 0 Å². The van der Waals surface area contributed by atoms with Crippen molar-refractivity contribution < 1.29 is 4.79 Å². The predicted molar refractivity (Wildman–Crippen MR) is 79.8 cm³/mol. The van der Waals surface area contributed by atoms with Crippen LogP contribution in [-0.2, 0) is 11.2 Å². The molecule has 0 saturated carbocycles. The Morgan fingerprint density at radius 1 is 1.21 bits per heavy atom. The molecule has 1 aromatic rings. The van der Waals surface area contributed by atoms with Crippen LogP contribution < -0.4 is 11.1 Å². The maximum atomic E-state index is 11.9. The monoisotopic (exact) mass is 262 g/mol. The Balaban J connectivity index is 2.29. The van der Waals surface area contributed by atoms with Crippen molar-refractivity contribution in [3.63, 3.8) is 0 Å².